The Hall–Kier alpha value is -1.12. The van der Waals surface area contributed by atoms with Crippen LogP contribution in [0, 0.1) is 0 Å². The van der Waals surface area contributed by atoms with Crippen molar-refractivity contribution in [3.8, 4) is 0 Å². The zero-order valence-electron chi connectivity index (χ0n) is 5.36. The first-order valence-electron chi connectivity index (χ1n) is 2.85. The van der Waals surface area contributed by atoms with E-state index in [-0.39, 0.29) is 0 Å². The highest BCUT2D eigenvalue weighted by Crippen LogP contribution is 1.93. The van der Waals surface area contributed by atoms with Crippen molar-refractivity contribution in [2.75, 3.05) is 6.67 Å². The lowest BCUT2D eigenvalue weighted by atomic mass is 10.6. The van der Waals surface area contributed by atoms with Crippen LogP contribution in [-0.4, -0.2) is 24.1 Å². The van der Waals surface area contributed by atoms with E-state index >= 15 is 0 Å². The van der Waals surface area contributed by atoms with Crippen LogP contribution < -0.4 is 0 Å². The van der Waals surface area contributed by atoms with Crippen LogP contribution in [-0.2, 0) is 0 Å². The molecular weight excluding hydrogens is 114 g/mol. The van der Waals surface area contributed by atoms with Crippen LogP contribution >= 0.6 is 0 Å². The third kappa shape index (κ3) is 1.68. The maximum Gasteiger partial charge on any atom is 0.131 e. The van der Waals surface area contributed by atoms with E-state index in [0.717, 1.165) is 0 Å². The van der Waals surface area contributed by atoms with Crippen LogP contribution in [0.15, 0.2) is 22.4 Å². The maximum absolute atomic E-state index is 3.99. The second-order valence-corrected chi connectivity index (χ2v) is 1.63. The van der Waals surface area contributed by atoms with Crippen molar-refractivity contribution in [1.82, 2.24) is 5.01 Å². The van der Waals surface area contributed by atoms with Gasteiger partial charge >= 0.3 is 0 Å². The normalized spacial score (nSPS) is 17.7. The molecule has 0 fully saturated rings. The summed E-state index contributed by atoms with van der Waals surface area (Å²) in [5.41, 5.74) is 0. The Kier molecular flexibility index (Phi) is 2.01. The molecular formula is C6H9N3. The minimum atomic E-state index is 0.640. The van der Waals surface area contributed by atoms with Gasteiger partial charge in [-0.15, -0.1) is 0 Å². The van der Waals surface area contributed by atoms with Crippen molar-refractivity contribution in [3.05, 3.63) is 12.3 Å². The number of allylic oxidation sites excluding steroid dienone is 1. The molecule has 0 saturated heterocycles. The fourth-order valence-electron chi connectivity index (χ4n) is 0.600. The molecule has 0 spiro atoms. The molecule has 0 bridgehead atoms. The summed E-state index contributed by atoms with van der Waals surface area (Å²) in [6, 6.07) is 0. The molecule has 0 radical (unpaired) electrons. The van der Waals surface area contributed by atoms with Crippen LogP contribution in [0.1, 0.15) is 6.92 Å². The van der Waals surface area contributed by atoms with Crippen LogP contribution in [0.3, 0.4) is 0 Å². The summed E-state index contributed by atoms with van der Waals surface area (Å²) in [6.45, 7) is 2.52. The van der Waals surface area contributed by atoms with Gasteiger partial charge in [0.05, 0.1) is 0 Å². The lowest BCUT2D eigenvalue weighted by Crippen LogP contribution is -2.12. The Morgan fingerprint density at radius 1 is 1.78 bits per heavy atom. The number of rotatable bonds is 1. The van der Waals surface area contributed by atoms with Crippen LogP contribution in [0.25, 0.3) is 0 Å². The van der Waals surface area contributed by atoms with Crippen LogP contribution in [0.5, 0.6) is 0 Å². The molecule has 48 valence electrons. The van der Waals surface area contributed by atoms with Gasteiger partial charge < -0.3 is 0 Å². The molecule has 0 N–H and O–H groups in total. The zero-order valence-corrected chi connectivity index (χ0v) is 5.36. The van der Waals surface area contributed by atoms with Gasteiger partial charge in [-0.1, -0.05) is 0 Å². The van der Waals surface area contributed by atoms with Crippen molar-refractivity contribution in [3.63, 3.8) is 0 Å². The largest absolute Gasteiger partial charge is 0.270 e. The summed E-state index contributed by atoms with van der Waals surface area (Å²) in [4.78, 5) is 3.98. The number of hydrazone groups is 1. The highest BCUT2D eigenvalue weighted by molar-refractivity contribution is 5.71. The number of hydrogen-bond acceptors (Lipinski definition) is 3. The summed E-state index contributed by atoms with van der Waals surface area (Å²) in [7, 11) is 0. The second kappa shape index (κ2) is 3.02. The molecule has 1 aliphatic heterocycles. The predicted molar refractivity (Wildman–Crippen MR) is 38.5 cm³/mol. The fourth-order valence-corrected chi connectivity index (χ4v) is 0.600. The maximum atomic E-state index is 3.99. The third-order valence-corrected chi connectivity index (χ3v) is 0.940. The molecule has 3 nitrogen and oxygen atoms in total. The molecule has 1 aliphatic rings. The first kappa shape index (κ1) is 6.01. The van der Waals surface area contributed by atoms with E-state index in [1.54, 1.807) is 17.4 Å². The Morgan fingerprint density at radius 2 is 2.67 bits per heavy atom. The van der Waals surface area contributed by atoms with Crippen LogP contribution in [0.2, 0.25) is 0 Å². The smallest absolute Gasteiger partial charge is 0.131 e. The molecule has 0 atom stereocenters. The first-order chi connectivity index (χ1) is 4.43. The lowest BCUT2D eigenvalue weighted by molar-refractivity contribution is 0.412. The molecule has 0 aromatic carbocycles. The summed E-state index contributed by atoms with van der Waals surface area (Å²) >= 11 is 0. The van der Waals surface area contributed by atoms with Crippen molar-refractivity contribution in [1.29, 1.82) is 0 Å². The highest BCUT2D eigenvalue weighted by atomic mass is 15.5. The molecule has 0 saturated carbocycles. The number of hydrogen-bond donors (Lipinski definition) is 0. The molecule has 0 aliphatic carbocycles. The van der Waals surface area contributed by atoms with E-state index in [2.05, 4.69) is 10.1 Å². The Balaban J connectivity index is 2.46. The van der Waals surface area contributed by atoms with E-state index in [1.165, 1.54) is 0 Å². The van der Waals surface area contributed by atoms with E-state index in [9.17, 15) is 0 Å². The Morgan fingerprint density at radius 3 is 3.22 bits per heavy atom. The monoisotopic (exact) mass is 123 g/mol. The quantitative estimate of drug-likeness (QED) is 0.475. The summed E-state index contributed by atoms with van der Waals surface area (Å²) in [5.74, 6) is 0. The molecule has 9 heavy (non-hydrogen) atoms. The van der Waals surface area contributed by atoms with Gasteiger partial charge in [0, 0.05) is 18.6 Å². The molecule has 0 amide bonds. The lowest BCUT2D eigenvalue weighted by Gasteiger charge is -2.11. The summed E-state index contributed by atoms with van der Waals surface area (Å²) < 4.78 is 0. The molecule has 0 aromatic heterocycles. The van der Waals surface area contributed by atoms with E-state index in [4.69, 9.17) is 0 Å². The van der Waals surface area contributed by atoms with Gasteiger partial charge in [0.2, 0.25) is 0 Å². The Bertz CT molecular complexity index is 158. The topological polar surface area (TPSA) is 28.0 Å². The molecule has 3 heteroatoms. The third-order valence-electron chi connectivity index (χ3n) is 0.940. The average Bonchev–Trinajstić information content (AvgIpc) is 1.91. The number of aliphatic imine (C=N–C) groups is 1. The molecule has 0 aromatic rings. The minimum Gasteiger partial charge on any atom is -0.270 e. The second-order valence-electron chi connectivity index (χ2n) is 1.63. The molecule has 1 heterocycles. The van der Waals surface area contributed by atoms with Crippen LogP contribution in [0.4, 0.5) is 0 Å². The fraction of sp³-hybridized carbons (Fsp3) is 0.333. The van der Waals surface area contributed by atoms with Gasteiger partial charge in [0.25, 0.3) is 0 Å². The van der Waals surface area contributed by atoms with E-state index in [1.807, 2.05) is 19.2 Å². The standard InChI is InChI=1S/C6H9N3/c1-2-8-9-5-3-4-7-6-9/h2-5H,6H2,1H3/b8-2-. The Labute approximate surface area is 54.4 Å². The highest BCUT2D eigenvalue weighted by Gasteiger charge is 1.92. The van der Waals surface area contributed by atoms with Crippen molar-refractivity contribution >= 4 is 12.4 Å². The number of nitrogens with zero attached hydrogens (tertiary/aromatic N) is 3. The average molecular weight is 123 g/mol. The van der Waals surface area contributed by atoms with E-state index in [0.29, 0.717) is 6.67 Å². The van der Waals surface area contributed by atoms with Gasteiger partial charge in [-0.25, -0.2) is 0 Å². The summed E-state index contributed by atoms with van der Waals surface area (Å²) in [6.07, 6.45) is 7.25. The zero-order chi connectivity index (χ0) is 6.53. The van der Waals surface area contributed by atoms with Gasteiger partial charge in [-0.05, 0) is 13.0 Å². The first-order valence-corrected chi connectivity index (χ1v) is 2.85. The molecule has 1 rings (SSSR count). The summed E-state index contributed by atoms with van der Waals surface area (Å²) in [5, 5.41) is 5.76. The van der Waals surface area contributed by atoms with Crippen molar-refractivity contribution in [2.24, 2.45) is 10.1 Å². The van der Waals surface area contributed by atoms with Gasteiger partial charge in [0.1, 0.15) is 6.67 Å². The van der Waals surface area contributed by atoms with Gasteiger partial charge in [-0.2, -0.15) is 5.10 Å². The predicted octanol–water partition coefficient (Wildman–Crippen LogP) is 0.850. The molecule has 0 unspecified atom stereocenters. The van der Waals surface area contributed by atoms with Crippen molar-refractivity contribution in [2.45, 2.75) is 6.92 Å². The van der Waals surface area contributed by atoms with E-state index < -0.39 is 0 Å². The van der Waals surface area contributed by atoms with Crippen molar-refractivity contribution < 1.29 is 0 Å². The minimum absolute atomic E-state index is 0.640. The van der Waals surface area contributed by atoms with Gasteiger partial charge in [-0.3, -0.25) is 10.0 Å². The SMILES string of the molecule is C/C=N\N1C=CC=NC1. The van der Waals surface area contributed by atoms with Gasteiger partial charge in [0.15, 0.2) is 0 Å².